The van der Waals surface area contributed by atoms with Gasteiger partial charge in [-0.05, 0) is 55.6 Å². The van der Waals surface area contributed by atoms with Gasteiger partial charge in [-0.15, -0.1) is 11.3 Å². The molecular weight excluding hydrogens is 240 g/mol. The maximum atomic E-state index is 10.6. The molecule has 1 aromatic heterocycles. The average molecular weight is 264 g/mol. The highest BCUT2D eigenvalue weighted by Crippen LogP contribution is 2.41. The van der Waals surface area contributed by atoms with E-state index >= 15 is 0 Å². The third-order valence-electron chi connectivity index (χ3n) is 4.97. The first-order chi connectivity index (χ1) is 8.78. The van der Waals surface area contributed by atoms with Crippen LogP contribution in [0.5, 0.6) is 0 Å². The van der Waals surface area contributed by atoms with Gasteiger partial charge in [-0.1, -0.05) is 26.2 Å². The van der Waals surface area contributed by atoms with Gasteiger partial charge in [0.15, 0.2) is 0 Å². The van der Waals surface area contributed by atoms with Crippen LogP contribution in [0, 0.1) is 11.8 Å². The van der Waals surface area contributed by atoms with Gasteiger partial charge >= 0.3 is 0 Å². The zero-order valence-corrected chi connectivity index (χ0v) is 12.1. The number of aliphatic hydroxyl groups is 1. The Morgan fingerprint density at radius 3 is 2.72 bits per heavy atom. The lowest BCUT2D eigenvalue weighted by Gasteiger charge is -2.30. The monoisotopic (exact) mass is 264 g/mol. The quantitative estimate of drug-likeness (QED) is 0.853. The molecule has 0 saturated heterocycles. The minimum Gasteiger partial charge on any atom is -0.387 e. The summed E-state index contributed by atoms with van der Waals surface area (Å²) in [5.41, 5.74) is 1.52. The van der Waals surface area contributed by atoms with Crippen LogP contribution in [0.3, 0.4) is 0 Å². The highest BCUT2D eigenvalue weighted by atomic mass is 32.1. The summed E-state index contributed by atoms with van der Waals surface area (Å²) in [5, 5.41) is 10.6. The molecule has 1 aromatic rings. The zero-order chi connectivity index (χ0) is 12.5. The summed E-state index contributed by atoms with van der Waals surface area (Å²) in [7, 11) is 0. The molecule has 1 unspecified atom stereocenters. The molecule has 0 radical (unpaired) electrons. The fraction of sp³-hybridized carbons (Fsp3) is 0.750. The van der Waals surface area contributed by atoms with Crippen molar-refractivity contribution >= 4 is 11.3 Å². The van der Waals surface area contributed by atoms with Crippen molar-refractivity contribution < 1.29 is 5.11 Å². The maximum absolute atomic E-state index is 10.6. The largest absolute Gasteiger partial charge is 0.387 e. The van der Waals surface area contributed by atoms with Crippen molar-refractivity contribution in [3.63, 3.8) is 0 Å². The Bertz CT molecular complexity index is 380. The predicted octanol–water partition coefficient (Wildman–Crippen LogP) is 4.49. The Balaban J connectivity index is 1.65. The van der Waals surface area contributed by atoms with Gasteiger partial charge in [-0.2, -0.15) is 0 Å². The molecule has 1 N–H and O–H groups in total. The van der Waals surface area contributed by atoms with E-state index in [1.165, 1.54) is 61.8 Å². The van der Waals surface area contributed by atoms with E-state index < -0.39 is 0 Å². The SMILES string of the molecule is CCC1CCC(C(O)c2cc3c(s2)CCC3)CC1. The van der Waals surface area contributed by atoms with Gasteiger partial charge in [0, 0.05) is 9.75 Å². The van der Waals surface area contributed by atoms with Gasteiger partial charge in [-0.3, -0.25) is 0 Å². The fourth-order valence-corrected chi connectivity index (χ4v) is 4.98. The maximum Gasteiger partial charge on any atom is 0.0910 e. The Hall–Kier alpha value is -0.340. The normalized spacial score (nSPS) is 29.2. The molecule has 1 fully saturated rings. The standard InChI is InChI=1S/C16H24OS/c1-2-11-6-8-12(9-7-11)16(17)15-10-13-4-3-5-14(13)18-15/h10-12,16-17H,2-9H2,1H3. The summed E-state index contributed by atoms with van der Waals surface area (Å²) in [6.07, 6.45) is 10.0. The Labute approximate surface area is 114 Å². The molecule has 2 aliphatic rings. The van der Waals surface area contributed by atoms with Crippen LogP contribution in [0.15, 0.2) is 6.07 Å². The lowest BCUT2D eigenvalue weighted by Crippen LogP contribution is -2.19. The second-order valence-electron chi connectivity index (χ2n) is 6.08. The van der Waals surface area contributed by atoms with Crippen molar-refractivity contribution in [3.8, 4) is 0 Å². The number of rotatable bonds is 3. The number of aliphatic hydroxyl groups excluding tert-OH is 1. The van der Waals surface area contributed by atoms with E-state index in [4.69, 9.17) is 0 Å². The third-order valence-corrected chi connectivity index (χ3v) is 6.28. The average Bonchev–Trinajstić information content (AvgIpc) is 2.99. The first-order valence-electron chi connectivity index (χ1n) is 7.57. The van der Waals surface area contributed by atoms with Crippen LogP contribution in [-0.2, 0) is 12.8 Å². The predicted molar refractivity (Wildman–Crippen MR) is 77.0 cm³/mol. The molecule has 100 valence electrons. The lowest BCUT2D eigenvalue weighted by molar-refractivity contribution is 0.0757. The van der Waals surface area contributed by atoms with E-state index in [0.29, 0.717) is 5.92 Å². The van der Waals surface area contributed by atoms with Crippen molar-refractivity contribution in [2.45, 2.75) is 64.4 Å². The van der Waals surface area contributed by atoms with Crippen molar-refractivity contribution in [2.24, 2.45) is 11.8 Å². The highest BCUT2D eigenvalue weighted by molar-refractivity contribution is 7.12. The van der Waals surface area contributed by atoms with E-state index in [9.17, 15) is 5.11 Å². The van der Waals surface area contributed by atoms with Gasteiger partial charge < -0.3 is 5.11 Å². The molecule has 2 aliphatic carbocycles. The van der Waals surface area contributed by atoms with Gasteiger partial charge in [-0.25, -0.2) is 0 Å². The summed E-state index contributed by atoms with van der Waals surface area (Å²) in [4.78, 5) is 2.80. The molecule has 18 heavy (non-hydrogen) atoms. The molecule has 2 heteroatoms. The van der Waals surface area contributed by atoms with E-state index in [-0.39, 0.29) is 6.10 Å². The molecule has 0 spiro atoms. The van der Waals surface area contributed by atoms with Crippen molar-refractivity contribution in [1.82, 2.24) is 0 Å². The fourth-order valence-electron chi connectivity index (χ4n) is 3.64. The van der Waals surface area contributed by atoms with Crippen molar-refractivity contribution in [2.75, 3.05) is 0 Å². The highest BCUT2D eigenvalue weighted by Gasteiger charge is 2.28. The molecule has 1 heterocycles. The summed E-state index contributed by atoms with van der Waals surface area (Å²) in [6, 6.07) is 2.30. The molecule has 0 aromatic carbocycles. The summed E-state index contributed by atoms with van der Waals surface area (Å²) in [5.74, 6) is 1.44. The van der Waals surface area contributed by atoms with Crippen LogP contribution in [0.4, 0.5) is 0 Å². The molecule has 1 saturated carbocycles. The molecule has 1 atom stereocenters. The van der Waals surface area contributed by atoms with Gasteiger partial charge in [0.05, 0.1) is 6.10 Å². The first-order valence-corrected chi connectivity index (χ1v) is 8.39. The van der Waals surface area contributed by atoms with Gasteiger partial charge in [0.2, 0.25) is 0 Å². The van der Waals surface area contributed by atoms with Crippen molar-refractivity contribution in [3.05, 3.63) is 21.4 Å². The Morgan fingerprint density at radius 1 is 1.28 bits per heavy atom. The summed E-state index contributed by atoms with van der Waals surface area (Å²) >= 11 is 1.88. The first kappa shape index (κ1) is 12.7. The molecule has 1 nitrogen and oxygen atoms in total. The third kappa shape index (κ3) is 2.37. The van der Waals surface area contributed by atoms with E-state index in [0.717, 1.165) is 5.92 Å². The van der Waals surface area contributed by atoms with Crippen LogP contribution in [0.25, 0.3) is 0 Å². The van der Waals surface area contributed by atoms with Crippen LogP contribution in [0.2, 0.25) is 0 Å². The van der Waals surface area contributed by atoms with Crippen LogP contribution < -0.4 is 0 Å². The number of aryl methyl sites for hydroxylation is 2. The Kier molecular flexibility index (Phi) is 3.76. The van der Waals surface area contributed by atoms with Gasteiger partial charge in [0.25, 0.3) is 0 Å². The molecule has 0 bridgehead atoms. The molecule has 0 amide bonds. The Morgan fingerprint density at radius 2 is 2.06 bits per heavy atom. The lowest BCUT2D eigenvalue weighted by atomic mass is 9.78. The minimum atomic E-state index is -0.182. The topological polar surface area (TPSA) is 20.2 Å². The minimum absolute atomic E-state index is 0.182. The number of thiophene rings is 1. The number of fused-ring (bicyclic) bond motifs is 1. The summed E-state index contributed by atoms with van der Waals surface area (Å²) < 4.78 is 0. The van der Waals surface area contributed by atoms with E-state index in [2.05, 4.69) is 13.0 Å². The molecular formula is C16H24OS. The second kappa shape index (κ2) is 5.34. The smallest absolute Gasteiger partial charge is 0.0910 e. The van der Waals surface area contributed by atoms with Crippen LogP contribution >= 0.6 is 11.3 Å². The van der Waals surface area contributed by atoms with Crippen LogP contribution in [0.1, 0.15) is 66.9 Å². The number of hydrogen-bond donors (Lipinski definition) is 1. The molecule has 0 aliphatic heterocycles. The van der Waals surface area contributed by atoms with Crippen molar-refractivity contribution in [1.29, 1.82) is 0 Å². The summed E-state index contributed by atoms with van der Waals surface area (Å²) in [6.45, 7) is 2.30. The van der Waals surface area contributed by atoms with E-state index in [1.807, 2.05) is 11.3 Å². The number of hydrogen-bond acceptors (Lipinski definition) is 2. The second-order valence-corrected chi connectivity index (χ2v) is 7.25. The van der Waals surface area contributed by atoms with Crippen LogP contribution in [-0.4, -0.2) is 5.11 Å². The van der Waals surface area contributed by atoms with E-state index in [1.54, 1.807) is 4.88 Å². The van der Waals surface area contributed by atoms with Gasteiger partial charge in [0.1, 0.15) is 0 Å². The molecule has 3 rings (SSSR count). The zero-order valence-electron chi connectivity index (χ0n) is 11.3.